The second kappa shape index (κ2) is 4.07. The van der Waals surface area contributed by atoms with Crippen molar-refractivity contribution in [3.8, 4) is 0 Å². The highest BCUT2D eigenvalue weighted by Gasteiger charge is 1.98. The molecule has 0 amide bonds. The molecule has 0 N–H and O–H groups in total. The molecule has 0 saturated carbocycles. The molecule has 2 nitrogen and oxygen atoms in total. The van der Waals surface area contributed by atoms with Crippen molar-refractivity contribution < 1.29 is 0 Å². The predicted molar refractivity (Wildman–Crippen MR) is 50.9 cm³/mol. The Hall–Kier alpha value is -0.0900. The van der Waals surface area contributed by atoms with E-state index in [4.69, 9.17) is 0 Å². The summed E-state index contributed by atoms with van der Waals surface area (Å²) >= 11 is 4.96. The van der Waals surface area contributed by atoms with Crippen LogP contribution in [0.2, 0.25) is 0 Å². The maximum Gasteiger partial charge on any atom is 0.130 e. The van der Waals surface area contributed by atoms with E-state index in [1.807, 2.05) is 19.2 Å². The lowest BCUT2D eigenvalue weighted by Gasteiger charge is -1.99. The summed E-state index contributed by atoms with van der Waals surface area (Å²) < 4.78 is 0.869. The van der Waals surface area contributed by atoms with Gasteiger partial charge in [0.2, 0.25) is 0 Å². The summed E-state index contributed by atoms with van der Waals surface area (Å²) in [5, 5.41) is 1.02. The summed E-state index contributed by atoms with van der Waals surface area (Å²) in [5.74, 6) is 0.892. The van der Waals surface area contributed by atoms with Crippen LogP contribution < -0.4 is 0 Å². The van der Waals surface area contributed by atoms with Crippen LogP contribution in [0.5, 0.6) is 0 Å². The minimum Gasteiger partial charge on any atom is -0.227 e. The van der Waals surface area contributed by atoms with Gasteiger partial charge in [-0.15, -0.1) is 11.8 Å². The lowest BCUT2D eigenvalue weighted by Crippen LogP contribution is -1.93. The van der Waals surface area contributed by atoms with Crippen molar-refractivity contribution in [3.63, 3.8) is 0 Å². The van der Waals surface area contributed by atoms with Gasteiger partial charge in [0.25, 0.3) is 0 Å². The minimum absolute atomic E-state index is 0.869. The second-order valence-corrected chi connectivity index (χ2v) is 3.64. The molecule has 11 heavy (non-hydrogen) atoms. The molecule has 4 heteroatoms. The average molecular weight is 233 g/mol. The fourth-order valence-corrected chi connectivity index (χ4v) is 1.70. The van der Waals surface area contributed by atoms with E-state index in [0.29, 0.717) is 0 Å². The molecule has 1 heterocycles. The van der Waals surface area contributed by atoms with Crippen molar-refractivity contribution >= 4 is 27.7 Å². The molecule has 0 aliphatic carbocycles. The van der Waals surface area contributed by atoms with Gasteiger partial charge in [0, 0.05) is 12.5 Å². The molecule has 1 aromatic heterocycles. The van der Waals surface area contributed by atoms with Crippen LogP contribution in [0, 0.1) is 0 Å². The highest BCUT2D eigenvalue weighted by molar-refractivity contribution is 9.10. The van der Waals surface area contributed by atoms with Crippen LogP contribution >= 0.6 is 27.7 Å². The SMILES string of the molecule is CCc1nc(Br)cc(SC)n1. The van der Waals surface area contributed by atoms with Gasteiger partial charge in [-0.3, -0.25) is 0 Å². The van der Waals surface area contributed by atoms with Crippen molar-refractivity contribution in [2.75, 3.05) is 6.26 Å². The molecule has 0 saturated heterocycles. The fourth-order valence-electron chi connectivity index (χ4n) is 0.705. The summed E-state index contributed by atoms with van der Waals surface area (Å²) in [6, 6.07) is 1.92. The Bertz CT molecular complexity index is 230. The van der Waals surface area contributed by atoms with Crippen molar-refractivity contribution in [1.82, 2.24) is 9.97 Å². The standard InChI is InChI=1S/C7H9BrN2S/c1-3-6-9-5(8)4-7(10-6)11-2/h4H,3H2,1-2H3. The monoisotopic (exact) mass is 232 g/mol. The Morgan fingerprint density at radius 2 is 2.27 bits per heavy atom. The number of halogens is 1. The largest absolute Gasteiger partial charge is 0.227 e. The van der Waals surface area contributed by atoms with Gasteiger partial charge in [-0.1, -0.05) is 6.92 Å². The van der Waals surface area contributed by atoms with E-state index in [2.05, 4.69) is 25.9 Å². The van der Waals surface area contributed by atoms with Crippen LogP contribution in [-0.2, 0) is 6.42 Å². The fraction of sp³-hybridized carbons (Fsp3) is 0.429. The molecule has 0 unspecified atom stereocenters. The van der Waals surface area contributed by atoms with Crippen LogP contribution in [-0.4, -0.2) is 16.2 Å². The van der Waals surface area contributed by atoms with Gasteiger partial charge in [-0.25, -0.2) is 9.97 Å². The van der Waals surface area contributed by atoms with Gasteiger partial charge >= 0.3 is 0 Å². The van der Waals surface area contributed by atoms with Crippen LogP contribution in [0.3, 0.4) is 0 Å². The lowest BCUT2D eigenvalue weighted by atomic mass is 10.4. The first-order chi connectivity index (χ1) is 5.26. The Labute approximate surface area is 79.0 Å². The zero-order valence-corrected chi connectivity index (χ0v) is 8.87. The van der Waals surface area contributed by atoms with E-state index in [0.717, 1.165) is 21.9 Å². The molecular weight excluding hydrogens is 224 g/mol. The van der Waals surface area contributed by atoms with E-state index >= 15 is 0 Å². The van der Waals surface area contributed by atoms with E-state index in [-0.39, 0.29) is 0 Å². The maximum absolute atomic E-state index is 4.29. The highest BCUT2D eigenvalue weighted by Crippen LogP contribution is 2.16. The van der Waals surface area contributed by atoms with E-state index in [9.17, 15) is 0 Å². The molecule has 0 radical (unpaired) electrons. The topological polar surface area (TPSA) is 25.8 Å². The summed E-state index contributed by atoms with van der Waals surface area (Å²) in [7, 11) is 0. The number of rotatable bonds is 2. The Balaban J connectivity index is 3.02. The first-order valence-corrected chi connectivity index (χ1v) is 5.35. The first kappa shape index (κ1) is 9.00. The average Bonchev–Trinajstić information content (AvgIpc) is 2.03. The molecule has 60 valence electrons. The number of thioether (sulfide) groups is 1. The molecule has 0 aliphatic heterocycles. The van der Waals surface area contributed by atoms with E-state index < -0.39 is 0 Å². The molecular formula is C7H9BrN2S. The number of aromatic nitrogens is 2. The van der Waals surface area contributed by atoms with Gasteiger partial charge in [-0.2, -0.15) is 0 Å². The smallest absolute Gasteiger partial charge is 0.130 e. The van der Waals surface area contributed by atoms with Crippen LogP contribution in [0.1, 0.15) is 12.7 Å². The van der Waals surface area contributed by atoms with Crippen LogP contribution in [0.15, 0.2) is 15.7 Å². The Morgan fingerprint density at radius 3 is 2.82 bits per heavy atom. The van der Waals surface area contributed by atoms with Gasteiger partial charge in [0.1, 0.15) is 15.5 Å². The van der Waals surface area contributed by atoms with Crippen LogP contribution in [0.25, 0.3) is 0 Å². The van der Waals surface area contributed by atoms with E-state index in [1.165, 1.54) is 0 Å². The maximum atomic E-state index is 4.29. The third-order valence-corrected chi connectivity index (χ3v) is 2.28. The number of hydrogen-bond donors (Lipinski definition) is 0. The zero-order chi connectivity index (χ0) is 8.27. The Morgan fingerprint density at radius 1 is 1.55 bits per heavy atom. The van der Waals surface area contributed by atoms with Crippen molar-refractivity contribution in [2.45, 2.75) is 18.4 Å². The number of nitrogens with zero attached hydrogens (tertiary/aromatic N) is 2. The number of hydrogen-bond acceptors (Lipinski definition) is 3. The van der Waals surface area contributed by atoms with Crippen molar-refractivity contribution in [3.05, 3.63) is 16.5 Å². The van der Waals surface area contributed by atoms with E-state index in [1.54, 1.807) is 11.8 Å². The third-order valence-electron chi connectivity index (χ3n) is 1.24. The van der Waals surface area contributed by atoms with Crippen LogP contribution in [0.4, 0.5) is 0 Å². The molecule has 0 spiro atoms. The zero-order valence-electron chi connectivity index (χ0n) is 6.47. The predicted octanol–water partition coefficient (Wildman–Crippen LogP) is 2.52. The molecule has 0 fully saturated rings. The highest BCUT2D eigenvalue weighted by atomic mass is 79.9. The molecule has 0 atom stereocenters. The molecule has 1 aromatic rings. The molecule has 0 aromatic carbocycles. The number of aryl methyl sites for hydroxylation is 1. The first-order valence-electron chi connectivity index (χ1n) is 3.33. The van der Waals surface area contributed by atoms with Gasteiger partial charge in [-0.05, 0) is 22.2 Å². The summed E-state index contributed by atoms with van der Waals surface area (Å²) in [4.78, 5) is 8.48. The summed E-state index contributed by atoms with van der Waals surface area (Å²) in [6.45, 7) is 2.05. The molecule has 0 bridgehead atoms. The second-order valence-electron chi connectivity index (χ2n) is 2.00. The summed E-state index contributed by atoms with van der Waals surface area (Å²) in [6.07, 6.45) is 2.89. The molecule has 0 aliphatic rings. The third kappa shape index (κ3) is 2.45. The van der Waals surface area contributed by atoms with Gasteiger partial charge in [0.05, 0.1) is 0 Å². The van der Waals surface area contributed by atoms with Crippen molar-refractivity contribution in [1.29, 1.82) is 0 Å². The normalized spacial score (nSPS) is 10.1. The minimum atomic E-state index is 0.869. The van der Waals surface area contributed by atoms with Crippen molar-refractivity contribution in [2.24, 2.45) is 0 Å². The summed E-state index contributed by atoms with van der Waals surface area (Å²) in [5.41, 5.74) is 0. The quantitative estimate of drug-likeness (QED) is 0.579. The Kier molecular flexibility index (Phi) is 3.33. The lowest BCUT2D eigenvalue weighted by molar-refractivity contribution is 0.878. The van der Waals surface area contributed by atoms with Gasteiger partial charge < -0.3 is 0 Å². The van der Waals surface area contributed by atoms with Gasteiger partial charge in [0.15, 0.2) is 0 Å². The molecule has 1 rings (SSSR count).